The molecular formula is C24H40O5. The normalized spacial score (nSPS) is 52.9. The number of rotatable bonds is 4. The van der Waals surface area contributed by atoms with Crippen molar-refractivity contribution in [2.75, 3.05) is 0 Å². The van der Waals surface area contributed by atoms with Crippen molar-refractivity contribution < 1.29 is 25.2 Å². The molecule has 4 rings (SSSR count). The van der Waals surface area contributed by atoms with Crippen molar-refractivity contribution in [2.24, 2.45) is 46.3 Å². The average Bonchev–Trinajstić information content (AvgIpc) is 3.01. The predicted molar refractivity (Wildman–Crippen MR) is 110 cm³/mol. The Bertz CT molecular complexity index is 637. The van der Waals surface area contributed by atoms with Gasteiger partial charge < -0.3 is 20.4 Å². The summed E-state index contributed by atoms with van der Waals surface area (Å²) in [6.45, 7) is 6.72. The summed E-state index contributed by atoms with van der Waals surface area (Å²) < 4.78 is 0. The Morgan fingerprint density at radius 2 is 1.76 bits per heavy atom. The molecule has 29 heavy (non-hydrogen) atoms. The molecule has 0 saturated heterocycles. The van der Waals surface area contributed by atoms with Gasteiger partial charge in [-0.15, -0.1) is 0 Å². The molecule has 0 spiro atoms. The number of fused-ring (bicyclic) bond motifs is 5. The maximum atomic E-state index is 11.5. The van der Waals surface area contributed by atoms with Gasteiger partial charge in [0.05, 0.1) is 18.3 Å². The SMILES string of the molecule is C[C@H](CCC(=O)O)[C@H]1CC[C@H]2[C@@H]3[C@H](O)C[C@@H]4C[C@H](O)CC[C@@]4(C)[C@H]3C[C@H](O)[C@@]12C. The number of aliphatic hydroxyl groups is 3. The molecule has 4 fully saturated rings. The summed E-state index contributed by atoms with van der Waals surface area (Å²) in [5, 5.41) is 42.0. The summed E-state index contributed by atoms with van der Waals surface area (Å²) in [5.41, 5.74) is -0.143. The zero-order valence-electron chi connectivity index (χ0n) is 18.3. The molecule has 4 saturated carbocycles. The third-order valence-corrected chi connectivity index (χ3v) is 10.3. The van der Waals surface area contributed by atoms with Crippen LogP contribution in [0.1, 0.15) is 78.6 Å². The molecule has 0 aliphatic heterocycles. The highest BCUT2D eigenvalue weighted by Gasteiger charge is 2.65. The lowest BCUT2D eigenvalue weighted by Crippen LogP contribution is -2.62. The summed E-state index contributed by atoms with van der Waals surface area (Å²) in [7, 11) is 0. The fourth-order valence-electron chi connectivity index (χ4n) is 8.68. The summed E-state index contributed by atoms with van der Waals surface area (Å²) >= 11 is 0. The average molecular weight is 409 g/mol. The highest BCUT2D eigenvalue weighted by molar-refractivity contribution is 5.66. The van der Waals surface area contributed by atoms with Crippen LogP contribution in [-0.2, 0) is 4.79 Å². The molecule has 4 aliphatic carbocycles. The number of aliphatic carboxylic acids is 1. The number of carboxylic acid groups (broad SMARTS) is 1. The van der Waals surface area contributed by atoms with E-state index >= 15 is 0 Å². The van der Waals surface area contributed by atoms with Gasteiger partial charge in [0.2, 0.25) is 0 Å². The fraction of sp³-hybridized carbons (Fsp3) is 0.958. The van der Waals surface area contributed by atoms with Gasteiger partial charge in [-0.3, -0.25) is 4.79 Å². The van der Waals surface area contributed by atoms with Crippen molar-refractivity contribution in [1.29, 1.82) is 0 Å². The van der Waals surface area contributed by atoms with Crippen molar-refractivity contribution in [3.8, 4) is 0 Å². The topological polar surface area (TPSA) is 98.0 Å². The Labute approximate surface area is 174 Å². The van der Waals surface area contributed by atoms with E-state index in [1.54, 1.807) is 0 Å². The Hall–Kier alpha value is -0.650. The van der Waals surface area contributed by atoms with Crippen LogP contribution in [0.2, 0.25) is 0 Å². The van der Waals surface area contributed by atoms with Gasteiger partial charge in [-0.25, -0.2) is 0 Å². The van der Waals surface area contributed by atoms with Crippen molar-refractivity contribution in [3.05, 3.63) is 0 Å². The standard InChI is InChI=1S/C24H40O5/c1-13(4-7-21(28)29)16-5-6-17-22-18(12-20(27)24(16,17)3)23(2)9-8-15(25)10-14(23)11-19(22)26/h13-20,22,25-27H,4-12H2,1-3H3,(H,28,29)/t13-,14+,15-,16-,17+,18+,19-,20+,22+,23-,24+/m1/s1. The number of carbonyl (C=O) groups is 1. The zero-order valence-corrected chi connectivity index (χ0v) is 18.3. The molecule has 0 aromatic heterocycles. The first-order valence-corrected chi connectivity index (χ1v) is 11.8. The Morgan fingerprint density at radius 3 is 2.45 bits per heavy atom. The summed E-state index contributed by atoms with van der Waals surface area (Å²) in [6.07, 6.45) is 6.00. The molecule has 0 unspecified atom stereocenters. The summed E-state index contributed by atoms with van der Waals surface area (Å²) in [4.78, 5) is 11.1. The van der Waals surface area contributed by atoms with E-state index in [2.05, 4.69) is 20.8 Å². The van der Waals surface area contributed by atoms with E-state index in [-0.39, 0.29) is 41.3 Å². The minimum absolute atomic E-state index is 0.0957. The van der Waals surface area contributed by atoms with Gasteiger partial charge in [-0.1, -0.05) is 20.8 Å². The van der Waals surface area contributed by atoms with Crippen LogP contribution in [0.3, 0.4) is 0 Å². The van der Waals surface area contributed by atoms with Gasteiger partial charge in [0.25, 0.3) is 0 Å². The van der Waals surface area contributed by atoms with Crippen LogP contribution < -0.4 is 0 Å². The van der Waals surface area contributed by atoms with Gasteiger partial charge >= 0.3 is 5.97 Å². The van der Waals surface area contributed by atoms with Crippen LogP contribution in [0.5, 0.6) is 0 Å². The van der Waals surface area contributed by atoms with Crippen molar-refractivity contribution >= 4 is 5.97 Å². The molecule has 4 N–H and O–H groups in total. The van der Waals surface area contributed by atoms with E-state index in [0.717, 1.165) is 44.9 Å². The third-order valence-electron chi connectivity index (χ3n) is 10.3. The van der Waals surface area contributed by atoms with Gasteiger partial charge in [-0.05, 0) is 97.7 Å². The molecule has 11 atom stereocenters. The van der Waals surface area contributed by atoms with Crippen LogP contribution in [0.25, 0.3) is 0 Å². The molecule has 5 nitrogen and oxygen atoms in total. The van der Waals surface area contributed by atoms with E-state index in [4.69, 9.17) is 5.11 Å². The van der Waals surface area contributed by atoms with E-state index in [1.165, 1.54) is 0 Å². The van der Waals surface area contributed by atoms with Crippen LogP contribution in [0.15, 0.2) is 0 Å². The Balaban J connectivity index is 1.61. The second-order valence-corrected chi connectivity index (χ2v) is 11.4. The van der Waals surface area contributed by atoms with Crippen LogP contribution in [0, 0.1) is 46.3 Å². The Morgan fingerprint density at radius 1 is 1.03 bits per heavy atom. The van der Waals surface area contributed by atoms with Gasteiger partial charge in [-0.2, -0.15) is 0 Å². The first kappa shape index (κ1) is 21.6. The van der Waals surface area contributed by atoms with Crippen LogP contribution >= 0.6 is 0 Å². The smallest absolute Gasteiger partial charge is 0.303 e. The third kappa shape index (κ3) is 3.27. The molecule has 0 bridgehead atoms. The largest absolute Gasteiger partial charge is 0.481 e. The Kier molecular flexibility index (Phi) is 5.57. The first-order chi connectivity index (χ1) is 13.6. The lowest BCUT2D eigenvalue weighted by Gasteiger charge is -2.63. The molecule has 0 aromatic rings. The van der Waals surface area contributed by atoms with Crippen LogP contribution in [-0.4, -0.2) is 44.7 Å². The molecule has 0 heterocycles. The molecule has 5 heteroatoms. The van der Waals surface area contributed by atoms with E-state index in [1.807, 2.05) is 0 Å². The number of carboxylic acids is 1. The molecular weight excluding hydrogens is 368 g/mol. The van der Waals surface area contributed by atoms with Gasteiger partial charge in [0, 0.05) is 6.42 Å². The number of hydrogen-bond acceptors (Lipinski definition) is 4. The zero-order chi connectivity index (χ0) is 21.1. The van der Waals surface area contributed by atoms with Crippen molar-refractivity contribution in [2.45, 2.75) is 96.9 Å². The lowest BCUT2D eigenvalue weighted by molar-refractivity contribution is -0.207. The lowest BCUT2D eigenvalue weighted by atomic mass is 9.43. The van der Waals surface area contributed by atoms with E-state index < -0.39 is 12.1 Å². The quantitative estimate of drug-likeness (QED) is 0.571. The van der Waals surface area contributed by atoms with E-state index in [9.17, 15) is 20.1 Å². The molecule has 166 valence electrons. The second kappa shape index (κ2) is 7.49. The number of hydrogen-bond donors (Lipinski definition) is 4. The molecule has 0 aromatic carbocycles. The van der Waals surface area contributed by atoms with Gasteiger partial charge in [0.1, 0.15) is 0 Å². The van der Waals surface area contributed by atoms with Gasteiger partial charge in [0.15, 0.2) is 0 Å². The van der Waals surface area contributed by atoms with Crippen molar-refractivity contribution in [3.63, 3.8) is 0 Å². The number of aliphatic hydroxyl groups excluding tert-OH is 3. The summed E-state index contributed by atoms with van der Waals surface area (Å²) in [6, 6.07) is 0. The predicted octanol–water partition coefficient (Wildman–Crippen LogP) is 3.45. The summed E-state index contributed by atoms with van der Waals surface area (Å²) in [5.74, 6) is 0.997. The maximum Gasteiger partial charge on any atom is 0.303 e. The molecule has 0 amide bonds. The highest BCUT2D eigenvalue weighted by Crippen LogP contribution is 2.68. The monoisotopic (exact) mass is 408 g/mol. The highest BCUT2D eigenvalue weighted by atomic mass is 16.4. The van der Waals surface area contributed by atoms with Crippen LogP contribution in [0.4, 0.5) is 0 Å². The second-order valence-electron chi connectivity index (χ2n) is 11.4. The molecule has 0 radical (unpaired) electrons. The minimum atomic E-state index is -0.748. The maximum absolute atomic E-state index is 11.5. The van der Waals surface area contributed by atoms with Crippen molar-refractivity contribution in [1.82, 2.24) is 0 Å². The van der Waals surface area contributed by atoms with E-state index in [0.29, 0.717) is 30.1 Å². The fourth-order valence-corrected chi connectivity index (χ4v) is 8.68. The first-order valence-electron chi connectivity index (χ1n) is 11.8. The minimum Gasteiger partial charge on any atom is -0.481 e. The molecule has 4 aliphatic rings.